The Labute approximate surface area is 112 Å². The van der Waals surface area contributed by atoms with Crippen molar-refractivity contribution in [2.45, 2.75) is 19.3 Å². The highest BCUT2D eigenvalue weighted by molar-refractivity contribution is 5.29. The molecule has 2 rings (SSSR count). The smallest absolute Gasteiger partial charge is 0.183 e. The number of aliphatic hydroxyl groups excluding tert-OH is 1. The summed E-state index contributed by atoms with van der Waals surface area (Å²) < 4.78 is 15.8. The van der Waals surface area contributed by atoms with E-state index in [4.69, 9.17) is 13.9 Å². The Morgan fingerprint density at radius 3 is 2.00 bits per heavy atom. The number of methoxy groups -OCH3 is 2. The molecule has 0 amide bonds. The predicted octanol–water partition coefficient (Wildman–Crippen LogP) is 2.96. The van der Waals surface area contributed by atoms with E-state index in [-0.39, 0.29) is 0 Å². The number of hydrogen-bond donors (Lipinski definition) is 1. The average Bonchev–Trinajstić information content (AvgIpc) is 2.87. The molecular formula is C15H18O4. The normalized spacial score (nSPS) is 12.9. The van der Waals surface area contributed by atoms with Crippen LogP contribution in [-0.4, -0.2) is 19.3 Å². The summed E-state index contributed by atoms with van der Waals surface area (Å²) in [7, 11) is 3.17. The molecule has 0 fully saturated rings. The van der Waals surface area contributed by atoms with Gasteiger partial charge in [0, 0.05) is 19.8 Å². The molecule has 1 heterocycles. The molecule has 1 N–H and O–H groups in total. The van der Waals surface area contributed by atoms with Crippen molar-refractivity contribution in [1.29, 1.82) is 0 Å². The van der Waals surface area contributed by atoms with Gasteiger partial charge in [0.05, 0.1) is 0 Å². The fourth-order valence-electron chi connectivity index (χ4n) is 1.97. The Balaban J connectivity index is 2.18. The van der Waals surface area contributed by atoms with Crippen molar-refractivity contribution in [3.63, 3.8) is 0 Å². The third-order valence-electron chi connectivity index (χ3n) is 2.98. The van der Waals surface area contributed by atoms with Crippen LogP contribution in [0, 0.1) is 6.92 Å². The molecule has 1 aromatic carbocycles. The first-order valence-electron chi connectivity index (χ1n) is 6.05. The first-order valence-corrected chi connectivity index (χ1v) is 6.05. The van der Waals surface area contributed by atoms with Crippen LogP contribution >= 0.6 is 0 Å². The molecule has 0 saturated carbocycles. The molecule has 0 saturated heterocycles. The SMILES string of the molecule is COC(OC)c1ccc(C(O)c2ccc(C)o2)cc1. The standard InChI is InChI=1S/C15H18O4/c1-10-4-9-13(19-10)14(16)11-5-7-12(8-6-11)15(17-2)18-3/h4-9,14-16H,1-3H3. The fourth-order valence-corrected chi connectivity index (χ4v) is 1.97. The minimum Gasteiger partial charge on any atom is -0.463 e. The number of benzene rings is 1. The summed E-state index contributed by atoms with van der Waals surface area (Å²) in [5.74, 6) is 1.32. The molecule has 0 aliphatic heterocycles. The maximum Gasteiger partial charge on any atom is 0.183 e. The van der Waals surface area contributed by atoms with E-state index in [0.717, 1.165) is 16.9 Å². The second kappa shape index (κ2) is 6.02. The van der Waals surface area contributed by atoms with E-state index in [1.165, 1.54) is 0 Å². The molecule has 102 valence electrons. The summed E-state index contributed by atoms with van der Waals surface area (Å²) in [4.78, 5) is 0. The van der Waals surface area contributed by atoms with Crippen LogP contribution in [0.2, 0.25) is 0 Å². The third-order valence-corrected chi connectivity index (χ3v) is 2.98. The van der Waals surface area contributed by atoms with Crippen LogP contribution in [0.4, 0.5) is 0 Å². The molecule has 0 aliphatic rings. The van der Waals surface area contributed by atoms with Crippen LogP contribution in [0.15, 0.2) is 40.8 Å². The van der Waals surface area contributed by atoms with Gasteiger partial charge in [-0.25, -0.2) is 0 Å². The zero-order valence-corrected chi connectivity index (χ0v) is 11.3. The Morgan fingerprint density at radius 2 is 1.53 bits per heavy atom. The molecule has 2 aromatic rings. The first kappa shape index (κ1) is 13.8. The van der Waals surface area contributed by atoms with Gasteiger partial charge in [-0.05, 0) is 24.6 Å². The summed E-state index contributed by atoms with van der Waals surface area (Å²) in [6, 6.07) is 11.0. The lowest BCUT2D eigenvalue weighted by molar-refractivity contribution is -0.106. The maximum absolute atomic E-state index is 10.2. The summed E-state index contributed by atoms with van der Waals surface area (Å²) in [5, 5.41) is 10.2. The number of ether oxygens (including phenoxy) is 2. The molecule has 1 aromatic heterocycles. The second-order valence-electron chi connectivity index (χ2n) is 4.32. The molecular weight excluding hydrogens is 244 g/mol. The van der Waals surface area contributed by atoms with E-state index >= 15 is 0 Å². The highest BCUT2D eigenvalue weighted by Crippen LogP contribution is 2.25. The maximum atomic E-state index is 10.2. The molecule has 4 nitrogen and oxygen atoms in total. The molecule has 1 unspecified atom stereocenters. The highest BCUT2D eigenvalue weighted by atomic mass is 16.7. The molecule has 0 aliphatic carbocycles. The van der Waals surface area contributed by atoms with E-state index in [1.807, 2.05) is 37.3 Å². The van der Waals surface area contributed by atoms with Gasteiger partial charge in [-0.2, -0.15) is 0 Å². The highest BCUT2D eigenvalue weighted by Gasteiger charge is 2.15. The van der Waals surface area contributed by atoms with Gasteiger partial charge in [-0.3, -0.25) is 0 Å². The molecule has 4 heteroatoms. The summed E-state index contributed by atoms with van der Waals surface area (Å²) in [6.07, 6.45) is -1.15. The van der Waals surface area contributed by atoms with Gasteiger partial charge < -0.3 is 19.0 Å². The van der Waals surface area contributed by atoms with Crippen molar-refractivity contribution < 1.29 is 19.0 Å². The Kier molecular flexibility index (Phi) is 4.37. The lowest BCUT2D eigenvalue weighted by Gasteiger charge is -2.15. The Morgan fingerprint density at radius 1 is 0.947 bits per heavy atom. The van der Waals surface area contributed by atoms with Gasteiger partial charge in [0.1, 0.15) is 17.6 Å². The third kappa shape index (κ3) is 3.04. The quantitative estimate of drug-likeness (QED) is 0.842. The van der Waals surface area contributed by atoms with Crippen LogP contribution in [0.1, 0.15) is 35.0 Å². The first-order chi connectivity index (χ1) is 9.15. The number of aliphatic hydroxyl groups is 1. The Hall–Kier alpha value is -1.62. The molecule has 0 radical (unpaired) electrons. The number of aryl methyl sites for hydroxylation is 1. The zero-order chi connectivity index (χ0) is 13.8. The van der Waals surface area contributed by atoms with E-state index in [0.29, 0.717) is 5.76 Å². The lowest BCUT2D eigenvalue weighted by Crippen LogP contribution is -2.04. The average molecular weight is 262 g/mol. The topological polar surface area (TPSA) is 51.8 Å². The van der Waals surface area contributed by atoms with Gasteiger partial charge in [-0.15, -0.1) is 0 Å². The summed E-state index contributed by atoms with van der Waals surface area (Å²) >= 11 is 0. The largest absolute Gasteiger partial charge is 0.463 e. The van der Waals surface area contributed by atoms with Gasteiger partial charge >= 0.3 is 0 Å². The molecule has 0 bridgehead atoms. The summed E-state index contributed by atoms with van der Waals surface area (Å²) in [6.45, 7) is 1.85. The van der Waals surface area contributed by atoms with E-state index < -0.39 is 12.4 Å². The number of hydrogen-bond acceptors (Lipinski definition) is 4. The van der Waals surface area contributed by atoms with Crippen molar-refractivity contribution in [1.82, 2.24) is 0 Å². The van der Waals surface area contributed by atoms with Crippen molar-refractivity contribution in [2.75, 3.05) is 14.2 Å². The molecule has 0 spiro atoms. The zero-order valence-electron chi connectivity index (χ0n) is 11.3. The van der Waals surface area contributed by atoms with Gasteiger partial charge in [0.15, 0.2) is 6.29 Å². The fraction of sp³-hybridized carbons (Fsp3) is 0.333. The Bertz CT molecular complexity index is 511. The predicted molar refractivity (Wildman–Crippen MR) is 70.7 cm³/mol. The van der Waals surface area contributed by atoms with Crippen LogP contribution < -0.4 is 0 Å². The van der Waals surface area contributed by atoms with E-state index in [1.54, 1.807) is 20.3 Å². The lowest BCUT2D eigenvalue weighted by atomic mass is 10.1. The van der Waals surface area contributed by atoms with Gasteiger partial charge in [0.25, 0.3) is 0 Å². The minimum atomic E-state index is -0.758. The molecule has 19 heavy (non-hydrogen) atoms. The van der Waals surface area contributed by atoms with E-state index in [9.17, 15) is 5.11 Å². The van der Waals surface area contributed by atoms with Crippen LogP contribution in [0.5, 0.6) is 0 Å². The summed E-state index contributed by atoms with van der Waals surface area (Å²) in [5.41, 5.74) is 1.67. The minimum absolute atomic E-state index is 0.392. The van der Waals surface area contributed by atoms with E-state index in [2.05, 4.69) is 0 Å². The van der Waals surface area contributed by atoms with Crippen LogP contribution in [0.3, 0.4) is 0 Å². The van der Waals surface area contributed by atoms with Crippen molar-refractivity contribution in [2.24, 2.45) is 0 Å². The van der Waals surface area contributed by atoms with Crippen molar-refractivity contribution >= 4 is 0 Å². The van der Waals surface area contributed by atoms with Crippen LogP contribution in [-0.2, 0) is 9.47 Å². The van der Waals surface area contributed by atoms with Crippen molar-refractivity contribution in [3.05, 3.63) is 59.0 Å². The second-order valence-corrected chi connectivity index (χ2v) is 4.32. The monoisotopic (exact) mass is 262 g/mol. The van der Waals surface area contributed by atoms with Gasteiger partial charge in [-0.1, -0.05) is 24.3 Å². The van der Waals surface area contributed by atoms with Crippen LogP contribution in [0.25, 0.3) is 0 Å². The van der Waals surface area contributed by atoms with Gasteiger partial charge in [0.2, 0.25) is 0 Å². The molecule has 1 atom stereocenters. The number of rotatable bonds is 5. The van der Waals surface area contributed by atoms with Crippen molar-refractivity contribution in [3.8, 4) is 0 Å². The number of furan rings is 1.